The monoisotopic (exact) mass is 309 g/mol. The zero-order valence-electron chi connectivity index (χ0n) is 8.28. The average Bonchev–Trinajstić information content (AvgIpc) is 2.28. The molecule has 76 valence electrons. The van der Waals surface area contributed by atoms with E-state index in [1.54, 1.807) is 0 Å². The molecule has 0 aliphatic heterocycles. The van der Waals surface area contributed by atoms with Crippen molar-refractivity contribution in [3.63, 3.8) is 0 Å². The van der Waals surface area contributed by atoms with Crippen molar-refractivity contribution in [2.45, 2.75) is 6.54 Å². The maximum absolute atomic E-state index is 3.40. The van der Waals surface area contributed by atoms with E-state index >= 15 is 0 Å². The summed E-state index contributed by atoms with van der Waals surface area (Å²) in [4.78, 5) is 0. The fraction of sp³-hybridized carbons (Fsp3) is 0.0769. The van der Waals surface area contributed by atoms with Crippen LogP contribution < -0.4 is 5.32 Å². The van der Waals surface area contributed by atoms with Gasteiger partial charge in [0, 0.05) is 15.8 Å². The fourth-order valence-electron chi connectivity index (χ4n) is 1.40. The van der Waals surface area contributed by atoms with Crippen molar-refractivity contribution in [2.75, 3.05) is 5.32 Å². The molecule has 0 spiro atoms. The largest absolute Gasteiger partial charge is 0.381 e. The van der Waals surface area contributed by atoms with Crippen LogP contribution >= 0.6 is 22.6 Å². The summed E-state index contributed by atoms with van der Waals surface area (Å²) in [5.74, 6) is 0. The van der Waals surface area contributed by atoms with Crippen LogP contribution in [0.25, 0.3) is 0 Å². The highest BCUT2D eigenvalue weighted by molar-refractivity contribution is 14.1. The minimum Gasteiger partial charge on any atom is -0.381 e. The molecule has 0 aliphatic rings. The first kappa shape index (κ1) is 10.5. The third-order valence-corrected chi connectivity index (χ3v) is 2.84. The number of anilines is 1. The molecule has 0 saturated carbocycles. The zero-order chi connectivity index (χ0) is 10.5. The van der Waals surface area contributed by atoms with Gasteiger partial charge in [-0.2, -0.15) is 0 Å². The van der Waals surface area contributed by atoms with E-state index in [9.17, 15) is 0 Å². The first-order valence-corrected chi connectivity index (χ1v) is 5.96. The molecule has 0 aromatic heterocycles. The summed E-state index contributed by atoms with van der Waals surface area (Å²) in [5.41, 5.74) is 2.47. The molecule has 2 aromatic rings. The standard InChI is InChI=1S/C13H12IN/c14-12-7-4-8-13(9-12)15-10-11-5-2-1-3-6-11/h1-9,15H,10H2. The average molecular weight is 309 g/mol. The Kier molecular flexibility index (Phi) is 3.61. The lowest BCUT2D eigenvalue weighted by Crippen LogP contribution is -1.98. The summed E-state index contributed by atoms with van der Waals surface area (Å²) in [6.45, 7) is 0.876. The van der Waals surface area contributed by atoms with Crippen LogP contribution in [0.1, 0.15) is 5.56 Å². The predicted octanol–water partition coefficient (Wildman–Crippen LogP) is 3.90. The molecule has 1 N–H and O–H groups in total. The van der Waals surface area contributed by atoms with Crippen LogP contribution in [0.5, 0.6) is 0 Å². The van der Waals surface area contributed by atoms with Gasteiger partial charge in [-0.05, 0) is 46.4 Å². The Bertz CT molecular complexity index is 426. The second-order valence-electron chi connectivity index (χ2n) is 3.35. The smallest absolute Gasteiger partial charge is 0.0400 e. The lowest BCUT2D eigenvalue weighted by atomic mass is 10.2. The number of hydrogen-bond acceptors (Lipinski definition) is 1. The number of rotatable bonds is 3. The van der Waals surface area contributed by atoms with Gasteiger partial charge in [0.2, 0.25) is 0 Å². The molecule has 2 rings (SSSR count). The molecule has 0 aliphatic carbocycles. The molecule has 0 saturated heterocycles. The Labute approximate surface area is 104 Å². The molecule has 0 atom stereocenters. The molecule has 0 amide bonds. The van der Waals surface area contributed by atoms with Gasteiger partial charge >= 0.3 is 0 Å². The lowest BCUT2D eigenvalue weighted by Gasteiger charge is -2.06. The highest BCUT2D eigenvalue weighted by Gasteiger charge is 1.93. The Balaban J connectivity index is 1.99. The van der Waals surface area contributed by atoms with Crippen molar-refractivity contribution in [1.82, 2.24) is 0 Å². The predicted molar refractivity (Wildman–Crippen MR) is 72.9 cm³/mol. The van der Waals surface area contributed by atoms with Gasteiger partial charge in [-0.1, -0.05) is 36.4 Å². The maximum Gasteiger partial charge on any atom is 0.0400 e. The lowest BCUT2D eigenvalue weighted by molar-refractivity contribution is 1.15. The zero-order valence-corrected chi connectivity index (χ0v) is 10.4. The van der Waals surface area contributed by atoms with Gasteiger partial charge in [0.1, 0.15) is 0 Å². The van der Waals surface area contributed by atoms with Crippen LogP contribution in [0, 0.1) is 3.57 Å². The maximum atomic E-state index is 3.40. The molecule has 0 radical (unpaired) electrons. The normalized spacial score (nSPS) is 9.93. The molecule has 15 heavy (non-hydrogen) atoms. The molecule has 0 bridgehead atoms. The van der Waals surface area contributed by atoms with Crippen LogP contribution in [0.4, 0.5) is 5.69 Å². The molecule has 0 fully saturated rings. The minimum absolute atomic E-state index is 0.876. The molecular formula is C13H12IN. The first-order chi connectivity index (χ1) is 7.34. The van der Waals surface area contributed by atoms with Gasteiger partial charge in [0.25, 0.3) is 0 Å². The second-order valence-corrected chi connectivity index (χ2v) is 4.60. The number of hydrogen-bond donors (Lipinski definition) is 1. The van der Waals surface area contributed by atoms with E-state index in [4.69, 9.17) is 0 Å². The van der Waals surface area contributed by atoms with Crippen LogP contribution in [-0.4, -0.2) is 0 Å². The second kappa shape index (κ2) is 5.16. The van der Waals surface area contributed by atoms with Gasteiger partial charge < -0.3 is 5.32 Å². The molecule has 0 heterocycles. The van der Waals surface area contributed by atoms with Crippen LogP contribution in [0.2, 0.25) is 0 Å². The van der Waals surface area contributed by atoms with Crippen molar-refractivity contribution in [3.05, 3.63) is 63.7 Å². The minimum atomic E-state index is 0.876. The fourth-order valence-corrected chi connectivity index (χ4v) is 1.94. The van der Waals surface area contributed by atoms with Gasteiger partial charge in [0.15, 0.2) is 0 Å². The van der Waals surface area contributed by atoms with E-state index in [0.717, 1.165) is 6.54 Å². The molecule has 2 aromatic carbocycles. The van der Waals surface area contributed by atoms with Crippen molar-refractivity contribution < 1.29 is 0 Å². The highest BCUT2D eigenvalue weighted by atomic mass is 127. The highest BCUT2D eigenvalue weighted by Crippen LogP contribution is 2.13. The third kappa shape index (κ3) is 3.23. The van der Waals surface area contributed by atoms with Crippen molar-refractivity contribution in [1.29, 1.82) is 0 Å². The van der Waals surface area contributed by atoms with Crippen molar-refractivity contribution in [3.8, 4) is 0 Å². The SMILES string of the molecule is Ic1cccc(NCc2ccccc2)c1. The summed E-state index contributed by atoms with van der Waals surface area (Å²) in [6, 6.07) is 18.8. The van der Waals surface area contributed by atoms with E-state index in [0.29, 0.717) is 0 Å². The summed E-state index contributed by atoms with van der Waals surface area (Å²) < 4.78 is 1.26. The van der Waals surface area contributed by atoms with E-state index in [2.05, 4.69) is 76.4 Å². The molecule has 1 nitrogen and oxygen atoms in total. The first-order valence-electron chi connectivity index (χ1n) is 4.88. The number of halogens is 1. The van der Waals surface area contributed by atoms with E-state index in [1.165, 1.54) is 14.8 Å². The summed E-state index contributed by atoms with van der Waals surface area (Å²) >= 11 is 2.32. The molecule has 0 unspecified atom stereocenters. The van der Waals surface area contributed by atoms with Crippen LogP contribution in [-0.2, 0) is 6.54 Å². The summed E-state index contributed by atoms with van der Waals surface area (Å²) in [7, 11) is 0. The van der Waals surface area contributed by atoms with Crippen molar-refractivity contribution >= 4 is 28.3 Å². The van der Waals surface area contributed by atoms with E-state index < -0.39 is 0 Å². The summed E-state index contributed by atoms with van der Waals surface area (Å²) in [6.07, 6.45) is 0. The third-order valence-electron chi connectivity index (χ3n) is 2.16. The van der Waals surface area contributed by atoms with Crippen LogP contribution in [0.3, 0.4) is 0 Å². The Morgan fingerprint density at radius 1 is 0.933 bits per heavy atom. The summed E-state index contributed by atoms with van der Waals surface area (Å²) in [5, 5.41) is 3.40. The number of benzene rings is 2. The molecule has 2 heteroatoms. The Hall–Kier alpha value is -1.03. The quantitative estimate of drug-likeness (QED) is 0.848. The Morgan fingerprint density at radius 3 is 2.47 bits per heavy atom. The Morgan fingerprint density at radius 2 is 1.73 bits per heavy atom. The van der Waals surface area contributed by atoms with Crippen LogP contribution in [0.15, 0.2) is 54.6 Å². The van der Waals surface area contributed by atoms with Gasteiger partial charge in [-0.25, -0.2) is 0 Å². The van der Waals surface area contributed by atoms with E-state index in [-0.39, 0.29) is 0 Å². The van der Waals surface area contributed by atoms with Crippen molar-refractivity contribution in [2.24, 2.45) is 0 Å². The number of nitrogens with one attached hydrogen (secondary N) is 1. The van der Waals surface area contributed by atoms with Gasteiger partial charge in [-0.3, -0.25) is 0 Å². The van der Waals surface area contributed by atoms with Gasteiger partial charge in [0.05, 0.1) is 0 Å². The topological polar surface area (TPSA) is 12.0 Å². The molecular weight excluding hydrogens is 297 g/mol. The van der Waals surface area contributed by atoms with E-state index in [1.807, 2.05) is 6.07 Å². The van der Waals surface area contributed by atoms with Gasteiger partial charge in [-0.15, -0.1) is 0 Å².